The molecule has 6 nitrogen and oxygen atoms in total. The summed E-state index contributed by atoms with van der Waals surface area (Å²) in [6, 6.07) is 12.5. The summed E-state index contributed by atoms with van der Waals surface area (Å²) in [5.41, 5.74) is 2.68. The molecular weight excluding hydrogens is 338 g/mol. The lowest BCUT2D eigenvalue weighted by Crippen LogP contribution is -2.12. The SMILES string of the molecule is Cc1nc(-c2cccc(NC(=O)c3cc(-c4ccco4)on3)c2)cs1. The molecule has 4 rings (SSSR count). The highest BCUT2D eigenvalue weighted by Crippen LogP contribution is 2.25. The number of nitrogens with one attached hydrogen (secondary N) is 1. The van der Waals surface area contributed by atoms with Crippen LogP contribution in [0.15, 0.2) is 63.0 Å². The summed E-state index contributed by atoms with van der Waals surface area (Å²) in [5, 5.41) is 9.60. The molecular formula is C18H13N3O3S. The maximum Gasteiger partial charge on any atom is 0.277 e. The summed E-state index contributed by atoms with van der Waals surface area (Å²) in [6.45, 7) is 1.96. The van der Waals surface area contributed by atoms with Gasteiger partial charge in [-0.25, -0.2) is 4.98 Å². The van der Waals surface area contributed by atoms with E-state index in [2.05, 4.69) is 15.5 Å². The Morgan fingerprint density at radius 3 is 2.84 bits per heavy atom. The van der Waals surface area contributed by atoms with Crippen LogP contribution in [0.25, 0.3) is 22.8 Å². The molecule has 0 unspecified atom stereocenters. The summed E-state index contributed by atoms with van der Waals surface area (Å²) in [7, 11) is 0. The van der Waals surface area contributed by atoms with Crippen LogP contribution in [0.4, 0.5) is 5.69 Å². The van der Waals surface area contributed by atoms with E-state index in [-0.39, 0.29) is 11.6 Å². The average molecular weight is 351 g/mol. The zero-order valence-electron chi connectivity index (χ0n) is 13.2. The van der Waals surface area contributed by atoms with Crippen molar-refractivity contribution < 1.29 is 13.7 Å². The number of rotatable bonds is 4. The number of aromatic nitrogens is 2. The van der Waals surface area contributed by atoms with Crippen molar-refractivity contribution in [2.45, 2.75) is 6.92 Å². The van der Waals surface area contributed by atoms with Gasteiger partial charge in [0.25, 0.3) is 5.91 Å². The Morgan fingerprint density at radius 2 is 2.08 bits per heavy atom. The molecule has 0 aliphatic carbocycles. The monoisotopic (exact) mass is 351 g/mol. The lowest BCUT2D eigenvalue weighted by atomic mass is 10.1. The van der Waals surface area contributed by atoms with E-state index in [1.54, 1.807) is 29.5 Å². The Hall–Kier alpha value is -3.19. The number of nitrogens with zero attached hydrogens (tertiary/aromatic N) is 2. The average Bonchev–Trinajstić information content (AvgIpc) is 3.36. The van der Waals surface area contributed by atoms with Crippen LogP contribution in [0.2, 0.25) is 0 Å². The van der Waals surface area contributed by atoms with E-state index in [1.807, 2.05) is 36.6 Å². The van der Waals surface area contributed by atoms with Gasteiger partial charge in [0.2, 0.25) is 5.76 Å². The summed E-state index contributed by atoms with van der Waals surface area (Å²) >= 11 is 1.59. The van der Waals surface area contributed by atoms with E-state index >= 15 is 0 Å². The van der Waals surface area contributed by atoms with E-state index < -0.39 is 0 Å². The van der Waals surface area contributed by atoms with Gasteiger partial charge in [0.05, 0.1) is 17.0 Å². The van der Waals surface area contributed by atoms with Gasteiger partial charge in [0.1, 0.15) is 0 Å². The van der Waals surface area contributed by atoms with E-state index in [9.17, 15) is 4.79 Å². The fraction of sp³-hybridized carbons (Fsp3) is 0.0556. The first-order valence-corrected chi connectivity index (χ1v) is 8.41. The van der Waals surface area contributed by atoms with Crippen LogP contribution in [-0.4, -0.2) is 16.0 Å². The smallest absolute Gasteiger partial charge is 0.277 e. The van der Waals surface area contributed by atoms with Crippen LogP contribution in [-0.2, 0) is 0 Å². The highest BCUT2D eigenvalue weighted by atomic mass is 32.1. The molecule has 1 N–H and O–H groups in total. The van der Waals surface area contributed by atoms with Crippen molar-refractivity contribution in [2.24, 2.45) is 0 Å². The summed E-state index contributed by atoms with van der Waals surface area (Å²) in [6.07, 6.45) is 1.53. The van der Waals surface area contributed by atoms with Crippen LogP contribution >= 0.6 is 11.3 Å². The van der Waals surface area contributed by atoms with Gasteiger partial charge in [-0.15, -0.1) is 11.3 Å². The number of benzene rings is 1. The second-order valence-electron chi connectivity index (χ2n) is 5.34. The topological polar surface area (TPSA) is 81.2 Å². The maximum absolute atomic E-state index is 12.4. The molecule has 1 aromatic carbocycles. The first kappa shape index (κ1) is 15.3. The van der Waals surface area contributed by atoms with Crippen molar-refractivity contribution in [1.82, 2.24) is 10.1 Å². The van der Waals surface area contributed by atoms with Gasteiger partial charge in [0, 0.05) is 22.7 Å². The zero-order valence-corrected chi connectivity index (χ0v) is 14.0. The number of furan rings is 1. The Labute approximate surface area is 147 Å². The fourth-order valence-electron chi connectivity index (χ4n) is 2.36. The first-order valence-electron chi connectivity index (χ1n) is 7.53. The number of hydrogen-bond donors (Lipinski definition) is 1. The Morgan fingerprint density at radius 1 is 1.16 bits per heavy atom. The first-order chi connectivity index (χ1) is 12.2. The number of aryl methyl sites for hydroxylation is 1. The van der Waals surface area contributed by atoms with Crippen LogP contribution in [0, 0.1) is 6.92 Å². The highest BCUT2D eigenvalue weighted by molar-refractivity contribution is 7.09. The molecule has 0 aliphatic rings. The number of thiazole rings is 1. The molecule has 3 heterocycles. The van der Waals surface area contributed by atoms with Gasteiger partial charge in [-0.2, -0.15) is 0 Å². The van der Waals surface area contributed by atoms with Crippen molar-refractivity contribution in [3.63, 3.8) is 0 Å². The van der Waals surface area contributed by atoms with Crippen molar-refractivity contribution in [3.8, 4) is 22.8 Å². The third-order valence-electron chi connectivity index (χ3n) is 3.54. The number of carbonyl (C=O) groups excluding carboxylic acids is 1. The zero-order chi connectivity index (χ0) is 17.2. The third-order valence-corrected chi connectivity index (χ3v) is 4.32. The Kier molecular flexibility index (Phi) is 3.91. The number of hydrogen-bond acceptors (Lipinski definition) is 6. The molecule has 0 aliphatic heterocycles. The van der Waals surface area contributed by atoms with E-state index in [0.29, 0.717) is 17.2 Å². The van der Waals surface area contributed by atoms with Crippen LogP contribution < -0.4 is 5.32 Å². The van der Waals surface area contributed by atoms with Crippen LogP contribution in [0.1, 0.15) is 15.5 Å². The normalized spacial score (nSPS) is 10.8. The Balaban J connectivity index is 1.53. The molecule has 0 radical (unpaired) electrons. The van der Waals surface area contributed by atoms with E-state index in [0.717, 1.165) is 16.3 Å². The number of carbonyl (C=O) groups is 1. The minimum absolute atomic E-state index is 0.182. The summed E-state index contributed by atoms with van der Waals surface area (Å²) in [4.78, 5) is 16.8. The van der Waals surface area contributed by atoms with Crippen molar-refractivity contribution in [3.05, 3.63) is 64.8 Å². The third kappa shape index (κ3) is 3.22. The molecule has 0 bridgehead atoms. The molecule has 0 atom stereocenters. The largest absolute Gasteiger partial charge is 0.461 e. The van der Waals surface area contributed by atoms with Crippen molar-refractivity contribution >= 4 is 22.9 Å². The molecule has 0 fully saturated rings. The molecule has 0 saturated heterocycles. The number of anilines is 1. The quantitative estimate of drug-likeness (QED) is 0.580. The number of amides is 1. The van der Waals surface area contributed by atoms with Gasteiger partial charge in [-0.05, 0) is 31.2 Å². The Bertz CT molecular complexity index is 1020. The summed E-state index contributed by atoms with van der Waals surface area (Å²) in [5.74, 6) is 0.572. The molecule has 7 heteroatoms. The molecule has 25 heavy (non-hydrogen) atoms. The molecule has 0 saturated carbocycles. The molecule has 124 valence electrons. The van der Waals surface area contributed by atoms with Crippen LogP contribution in [0.5, 0.6) is 0 Å². The fourth-order valence-corrected chi connectivity index (χ4v) is 2.99. The van der Waals surface area contributed by atoms with Gasteiger partial charge in [-0.3, -0.25) is 4.79 Å². The molecule has 3 aromatic heterocycles. The lowest BCUT2D eigenvalue weighted by molar-refractivity contribution is 0.101. The van der Waals surface area contributed by atoms with Crippen molar-refractivity contribution in [2.75, 3.05) is 5.32 Å². The predicted octanol–water partition coefficient (Wildman–Crippen LogP) is 4.62. The molecule has 1 amide bonds. The van der Waals surface area contributed by atoms with Gasteiger partial charge < -0.3 is 14.3 Å². The van der Waals surface area contributed by atoms with Crippen molar-refractivity contribution in [1.29, 1.82) is 0 Å². The maximum atomic E-state index is 12.4. The molecule has 0 spiro atoms. The lowest BCUT2D eigenvalue weighted by Gasteiger charge is -2.04. The van der Waals surface area contributed by atoms with Gasteiger partial charge in [0.15, 0.2) is 11.5 Å². The summed E-state index contributed by atoms with van der Waals surface area (Å²) < 4.78 is 10.4. The minimum atomic E-state index is -0.354. The second kappa shape index (κ2) is 6.37. The van der Waals surface area contributed by atoms with Gasteiger partial charge in [-0.1, -0.05) is 17.3 Å². The van der Waals surface area contributed by atoms with Gasteiger partial charge >= 0.3 is 0 Å². The highest BCUT2D eigenvalue weighted by Gasteiger charge is 2.15. The van der Waals surface area contributed by atoms with E-state index in [1.165, 1.54) is 6.26 Å². The van der Waals surface area contributed by atoms with Crippen LogP contribution in [0.3, 0.4) is 0 Å². The van der Waals surface area contributed by atoms with E-state index in [4.69, 9.17) is 8.94 Å². The predicted molar refractivity (Wildman–Crippen MR) is 94.4 cm³/mol. The second-order valence-corrected chi connectivity index (χ2v) is 6.40. The molecule has 4 aromatic rings. The standard InChI is InChI=1S/C18H13N3O3S/c1-11-19-15(10-25-11)12-4-2-5-13(8-12)20-18(22)14-9-17(24-21-14)16-6-3-7-23-16/h2-10H,1H3,(H,20,22). The minimum Gasteiger partial charge on any atom is -0.461 e.